The number of thiazole rings is 1. The van der Waals surface area contributed by atoms with Gasteiger partial charge in [-0.25, -0.2) is 4.98 Å². The van der Waals surface area contributed by atoms with Gasteiger partial charge in [-0.2, -0.15) is 0 Å². The number of halogens is 1. The average molecular weight is 518 g/mol. The second kappa shape index (κ2) is 9.03. The molecule has 5 aromatic rings. The van der Waals surface area contributed by atoms with Crippen LogP contribution in [0.15, 0.2) is 71.4 Å². The Bertz CT molecular complexity index is 1510. The van der Waals surface area contributed by atoms with Crippen molar-refractivity contribution < 1.29 is 4.79 Å². The summed E-state index contributed by atoms with van der Waals surface area (Å²) in [7, 11) is 0. The lowest BCUT2D eigenvalue weighted by Gasteiger charge is -2.33. The number of benzene rings is 2. The SMILES string of the molecule is C[C@@H]1c2nnc(-c3csc(-c4ccccc4Cl)n3)n2CCN1C(=O)c1ccc(-c2cccs2)cc1. The third-order valence-corrected chi connectivity index (χ3v) is 8.35. The van der Waals surface area contributed by atoms with Gasteiger partial charge in [-0.1, -0.05) is 48.0 Å². The molecule has 9 heteroatoms. The van der Waals surface area contributed by atoms with E-state index in [0.29, 0.717) is 29.5 Å². The Hall–Kier alpha value is -3.33. The van der Waals surface area contributed by atoms with Crippen LogP contribution in [-0.4, -0.2) is 37.1 Å². The maximum atomic E-state index is 13.3. The minimum Gasteiger partial charge on any atom is -0.327 e. The molecule has 0 spiro atoms. The maximum Gasteiger partial charge on any atom is 0.254 e. The van der Waals surface area contributed by atoms with Crippen LogP contribution in [0.1, 0.15) is 29.1 Å². The number of aromatic nitrogens is 4. The molecule has 6 rings (SSSR count). The molecule has 35 heavy (non-hydrogen) atoms. The summed E-state index contributed by atoms with van der Waals surface area (Å²) in [5.74, 6) is 1.48. The van der Waals surface area contributed by atoms with Crippen molar-refractivity contribution in [2.24, 2.45) is 0 Å². The van der Waals surface area contributed by atoms with Crippen LogP contribution in [0.25, 0.3) is 32.5 Å². The number of hydrogen-bond donors (Lipinski definition) is 0. The molecule has 0 aliphatic carbocycles. The van der Waals surface area contributed by atoms with Crippen molar-refractivity contribution in [1.82, 2.24) is 24.6 Å². The van der Waals surface area contributed by atoms with E-state index >= 15 is 0 Å². The van der Waals surface area contributed by atoms with Gasteiger partial charge in [-0.15, -0.1) is 32.9 Å². The van der Waals surface area contributed by atoms with Gasteiger partial charge in [0.1, 0.15) is 10.7 Å². The van der Waals surface area contributed by atoms with Gasteiger partial charge in [0, 0.05) is 34.5 Å². The van der Waals surface area contributed by atoms with Gasteiger partial charge in [0.05, 0.1) is 11.1 Å². The lowest BCUT2D eigenvalue weighted by atomic mass is 10.1. The van der Waals surface area contributed by atoms with Crippen LogP contribution in [0.2, 0.25) is 5.02 Å². The minimum absolute atomic E-state index is 0.000642. The maximum absolute atomic E-state index is 13.3. The van der Waals surface area contributed by atoms with Crippen molar-refractivity contribution in [2.75, 3.05) is 6.54 Å². The summed E-state index contributed by atoms with van der Waals surface area (Å²) in [6, 6.07) is 19.4. The highest BCUT2D eigenvalue weighted by molar-refractivity contribution is 7.13. The summed E-state index contributed by atoms with van der Waals surface area (Å²) in [4.78, 5) is 21.2. The van der Waals surface area contributed by atoms with Gasteiger partial charge in [0.2, 0.25) is 0 Å². The third-order valence-electron chi connectivity index (χ3n) is 6.22. The first-order valence-corrected chi connectivity index (χ1v) is 13.3. The fourth-order valence-corrected chi connectivity index (χ4v) is 6.22. The van der Waals surface area contributed by atoms with Crippen LogP contribution in [0.4, 0.5) is 0 Å². The van der Waals surface area contributed by atoms with E-state index in [9.17, 15) is 4.79 Å². The van der Waals surface area contributed by atoms with Crippen molar-refractivity contribution >= 4 is 40.2 Å². The summed E-state index contributed by atoms with van der Waals surface area (Å²) in [5, 5.41) is 14.4. The quantitative estimate of drug-likeness (QED) is 0.267. The molecular formula is C26H20ClN5OS2. The Morgan fingerprint density at radius 2 is 1.83 bits per heavy atom. The summed E-state index contributed by atoms with van der Waals surface area (Å²) in [6.07, 6.45) is 0. The minimum atomic E-state index is -0.198. The van der Waals surface area contributed by atoms with Crippen molar-refractivity contribution in [1.29, 1.82) is 0 Å². The van der Waals surface area contributed by atoms with Gasteiger partial charge in [0.15, 0.2) is 11.6 Å². The molecule has 3 aromatic heterocycles. The van der Waals surface area contributed by atoms with E-state index in [2.05, 4.69) is 26.2 Å². The summed E-state index contributed by atoms with van der Waals surface area (Å²) in [5.41, 5.74) is 3.46. The Morgan fingerprint density at radius 1 is 1.00 bits per heavy atom. The third kappa shape index (κ3) is 3.97. The molecule has 4 heterocycles. The normalized spacial score (nSPS) is 15.3. The largest absolute Gasteiger partial charge is 0.327 e. The van der Waals surface area contributed by atoms with E-state index in [1.165, 1.54) is 16.2 Å². The van der Waals surface area contributed by atoms with Gasteiger partial charge >= 0.3 is 0 Å². The number of hydrogen-bond acceptors (Lipinski definition) is 6. The second-order valence-corrected chi connectivity index (χ2v) is 10.5. The number of carbonyl (C=O) groups is 1. The van der Waals surface area contributed by atoms with Gasteiger partial charge in [0.25, 0.3) is 5.91 Å². The van der Waals surface area contributed by atoms with Crippen LogP contribution in [-0.2, 0) is 6.54 Å². The van der Waals surface area contributed by atoms with Gasteiger partial charge in [-0.05, 0) is 42.1 Å². The molecule has 0 bridgehead atoms. The molecule has 1 aliphatic rings. The van der Waals surface area contributed by atoms with E-state index in [4.69, 9.17) is 16.6 Å². The molecule has 1 atom stereocenters. The fraction of sp³-hybridized carbons (Fsp3) is 0.154. The molecular weight excluding hydrogens is 498 g/mol. The number of fused-ring (bicyclic) bond motifs is 1. The van der Waals surface area contributed by atoms with E-state index in [0.717, 1.165) is 27.7 Å². The zero-order valence-corrected chi connectivity index (χ0v) is 21.1. The van der Waals surface area contributed by atoms with E-state index in [1.807, 2.05) is 71.8 Å². The number of thiophene rings is 1. The van der Waals surface area contributed by atoms with Crippen LogP contribution in [0.5, 0.6) is 0 Å². The molecule has 1 aliphatic heterocycles. The van der Waals surface area contributed by atoms with Gasteiger partial charge < -0.3 is 9.47 Å². The molecule has 0 N–H and O–H groups in total. The van der Waals surface area contributed by atoms with Crippen LogP contribution in [0, 0.1) is 0 Å². The number of carbonyl (C=O) groups excluding carboxylic acids is 1. The van der Waals surface area contributed by atoms with E-state index < -0.39 is 0 Å². The predicted molar refractivity (Wildman–Crippen MR) is 141 cm³/mol. The molecule has 6 nitrogen and oxygen atoms in total. The van der Waals surface area contributed by atoms with Crippen molar-refractivity contribution in [3.05, 3.63) is 87.8 Å². The van der Waals surface area contributed by atoms with Crippen molar-refractivity contribution in [3.8, 4) is 32.5 Å². The zero-order chi connectivity index (χ0) is 23.9. The molecule has 0 saturated heterocycles. The number of nitrogens with zero attached hydrogens (tertiary/aromatic N) is 5. The molecule has 2 aromatic carbocycles. The lowest BCUT2D eigenvalue weighted by molar-refractivity contribution is 0.0638. The van der Waals surface area contributed by atoms with E-state index in [-0.39, 0.29) is 11.9 Å². The molecule has 1 amide bonds. The Labute approximate surface area is 215 Å². The average Bonchev–Trinajstić information content (AvgIpc) is 3.65. The summed E-state index contributed by atoms with van der Waals surface area (Å²) < 4.78 is 2.07. The zero-order valence-electron chi connectivity index (χ0n) is 18.8. The fourth-order valence-electron chi connectivity index (χ4n) is 4.37. The molecule has 0 radical (unpaired) electrons. The number of amides is 1. The lowest BCUT2D eigenvalue weighted by Crippen LogP contribution is -2.41. The molecule has 174 valence electrons. The highest BCUT2D eigenvalue weighted by Gasteiger charge is 2.32. The predicted octanol–water partition coefficient (Wildman–Crippen LogP) is 6.67. The highest BCUT2D eigenvalue weighted by atomic mass is 35.5. The number of rotatable bonds is 4. The van der Waals surface area contributed by atoms with Crippen LogP contribution < -0.4 is 0 Å². The monoisotopic (exact) mass is 517 g/mol. The Morgan fingerprint density at radius 3 is 2.60 bits per heavy atom. The Balaban J connectivity index is 1.24. The smallest absolute Gasteiger partial charge is 0.254 e. The van der Waals surface area contributed by atoms with E-state index in [1.54, 1.807) is 11.3 Å². The molecule has 0 unspecified atom stereocenters. The Kier molecular flexibility index (Phi) is 5.72. The first-order chi connectivity index (χ1) is 17.1. The highest BCUT2D eigenvalue weighted by Crippen LogP contribution is 2.35. The van der Waals surface area contributed by atoms with Crippen molar-refractivity contribution in [2.45, 2.75) is 19.5 Å². The molecule has 0 fully saturated rings. The van der Waals surface area contributed by atoms with Crippen LogP contribution >= 0.6 is 34.3 Å². The standard InChI is InChI=1S/C26H20ClN5OS2/c1-16-23-29-30-24(21-15-35-25(28-21)19-5-2-3-6-20(19)27)32(23)13-12-31(16)26(33)18-10-8-17(9-11-18)22-7-4-14-34-22/h2-11,14-16H,12-13H2,1H3/t16-/m1/s1. The van der Waals surface area contributed by atoms with Gasteiger partial charge in [-0.3, -0.25) is 4.79 Å². The van der Waals surface area contributed by atoms with Crippen LogP contribution in [0.3, 0.4) is 0 Å². The second-order valence-electron chi connectivity index (χ2n) is 8.28. The topological polar surface area (TPSA) is 63.9 Å². The summed E-state index contributed by atoms with van der Waals surface area (Å²) >= 11 is 9.57. The first kappa shape index (κ1) is 22.2. The summed E-state index contributed by atoms with van der Waals surface area (Å²) in [6.45, 7) is 3.18. The first-order valence-electron chi connectivity index (χ1n) is 11.2. The molecule has 0 saturated carbocycles. The van der Waals surface area contributed by atoms with Crippen molar-refractivity contribution in [3.63, 3.8) is 0 Å².